The maximum absolute atomic E-state index is 5.43. The van der Waals surface area contributed by atoms with E-state index in [2.05, 4.69) is 31.0 Å². The fraction of sp³-hybridized carbons (Fsp3) is 0.467. The van der Waals surface area contributed by atoms with Crippen LogP contribution in [0.2, 0.25) is 0 Å². The van der Waals surface area contributed by atoms with Crippen molar-refractivity contribution in [3.05, 3.63) is 42.0 Å². The lowest BCUT2D eigenvalue weighted by Gasteiger charge is -2.10. The normalized spacial score (nSPS) is 10.3. The molecule has 0 heterocycles. The van der Waals surface area contributed by atoms with E-state index in [1.165, 1.54) is 11.1 Å². The molecule has 0 atom stereocenters. The Morgan fingerprint density at radius 3 is 2.89 bits per heavy atom. The molecule has 1 aromatic rings. The quantitative estimate of drug-likeness (QED) is 0.539. The molecule has 0 saturated heterocycles. The van der Waals surface area contributed by atoms with Crippen molar-refractivity contribution < 1.29 is 9.47 Å². The van der Waals surface area contributed by atoms with Crippen LogP contribution in [0.15, 0.2) is 30.9 Å². The second kappa shape index (κ2) is 8.72. The van der Waals surface area contributed by atoms with E-state index in [0.717, 1.165) is 38.5 Å². The molecule has 18 heavy (non-hydrogen) atoms. The summed E-state index contributed by atoms with van der Waals surface area (Å²) in [5.74, 6) is 0.931. The lowest BCUT2D eigenvalue weighted by molar-refractivity contribution is 0.140. The van der Waals surface area contributed by atoms with Gasteiger partial charge in [0, 0.05) is 18.7 Å². The molecular formula is C15H23NO2. The molecule has 0 unspecified atom stereocenters. The van der Waals surface area contributed by atoms with E-state index in [1.807, 2.05) is 12.1 Å². The number of benzene rings is 1. The van der Waals surface area contributed by atoms with Gasteiger partial charge in [-0.2, -0.15) is 0 Å². The van der Waals surface area contributed by atoms with Gasteiger partial charge in [-0.3, -0.25) is 0 Å². The molecular weight excluding hydrogens is 226 g/mol. The summed E-state index contributed by atoms with van der Waals surface area (Å²) in [4.78, 5) is 0. The highest BCUT2D eigenvalue weighted by Gasteiger charge is 2.02. The Kier molecular flexibility index (Phi) is 7.14. The minimum atomic E-state index is 0.724. The Morgan fingerprint density at radius 1 is 1.33 bits per heavy atom. The average molecular weight is 249 g/mol. The molecule has 3 nitrogen and oxygen atoms in total. The van der Waals surface area contributed by atoms with Crippen LogP contribution in [0.1, 0.15) is 17.5 Å². The van der Waals surface area contributed by atoms with Gasteiger partial charge >= 0.3 is 0 Å². The summed E-state index contributed by atoms with van der Waals surface area (Å²) in [6.07, 6.45) is 2.77. The Morgan fingerprint density at radius 2 is 2.17 bits per heavy atom. The topological polar surface area (TPSA) is 30.5 Å². The maximum atomic E-state index is 5.43. The molecule has 3 heteroatoms. The third kappa shape index (κ3) is 5.34. The third-order valence-electron chi connectivity index (χ3n) is 2.64. The van der Waals surface area contributed by atoms with E-state index in [0.29, 0.717) is 0 Å². The van der Waals surface area contributed by atoms with E-state index < -0.39 is 0 Å². The van der Waals surface area contributed by atoms with Crippen molar-refractivity contribution in [2.24, 2.45) is 0 Å². The predicted octanol–water partition coefficient (Wildman–Crippen LogP) is 2.69. The van der Waals surface area contributed by atoms with Crippen molar-refractivity contribution >= 4 is 0 Å². The lowest BCUT2D eigenvalue weighted by atomic mass is 10.1. The summed E-state index contributed by atoms with van der Waals surface area (Å²) >= 11 is 0. The zero-order chi connectivity index (χ0) is 13.2. The Balaban J connectivity index is 2.26. The van der Waals surface area contributed by atoms with Crippen LogP contribution in [0, 0.1) is 6.92 Å². The molecule has 0 bridgehead atoms. The zero-order valence-electron chi connectivity index (χ0n) is 11.4. The lowest BCUT2D eigenvalue weighted by Crippen LogP contribution is -2.19. The minimum Gasteiger partial charge on any atom is -0.496 e. The molecule has 0 aromatic heterocycles. The van der Waals surface area contributed by atoms with Gasteiger partial charge in [0.25, 0.3) is 0 Å². The van der Waals surface area contributed by atoms with Crippen molar-refractivity contribution in [2.45, 2.75) is 19.9 Å². The predicted molar refractivity (Wildman–Crippen MR) is 75.1 cm³/mol. The number of rotatable bonds is 9. The van der Waals surface area contributed by atoms with Gasteiger partial charge in [-0.25, -0.2) is 0 Å². The fourth-order valence-electron chi connectivity index (χ4n) is 1.68. The number of hydrogen-bond donors (Lipinski definition) is 1. The SMILES string of the molecule is C=CCCOCCNCc1cc(C)ccc1OC. The molecule has 1 rings (SSSR count). The molecule has 0 spiro atoms. The fourth-order valence-corrected chi connectivity index (χ4v) is 1.68. The van der Waals surface area contributed by atoms with Crippen molar-refractivity contribution in [1.82, 2.24) is 5.32 Å². The van der Waals surface area contributed by atoms with Crippen LogP contribution in [-0.2, 0) is 11.3 Å². The smallest absolute Gasteiger partial charge is 0.123 e. The molecule has 0 aliphatic rings. The zero-order valence-corrected chi connectivity index (χ0v) is 11.4. The van der Waals surface area contributed by atoms with Crippen molar-refractivity contribution in [3.63, 3.8) is 0 Å². The standard InChI is InChI=1S/C15H23NO2/c1-4-5-9-18-10-8-16-12-14-11-13(2)6-7-15(14)17-3/h4,6-7,11,16H,1,5,8-10,12H2,2-3H3. The van der Waals surface area contributed by atoms with Crippen molar-refractivity contribution in [2.75, 3.05) is 26.9 Å². The number of nitrogens with one attached hydrogen (secondary N) is 1. The highest BCUT2D eigenvalue weighted by molar-refractivity contribution is 5.36. The summed E-state index contributed by atoms with van der Waals surface area (Å²) in [6.45, 7) is 8.85. The van der Waals surface area contributed by atoms with Gasteiger partial charge in [0.2, 0.25) is 0 Å². The summed E-state index contributed by atoms with van der Waals surface area (Å²) in [7, 11) is 1.70. The van der Waals surface area contributed by atoms with Crippen LogP contribution in [0.4, 0.5) is 0 Å². The molecule has 0 fully saturated rings. The molecule has 0 amide bonds. The van der Waals surface area contributed by atoms with E-state index in [9.17, 15) is 0 Å². The second-order valence-electron chi connectivity index (χ2n) is 4.18. The van der Waals surface area contributed by atoms with Gasteiger partial charge in [0.05, 0.1) is 20.3 Å². The number of hydrogen-bond acceptors (Lipinski definition) is 3. The first-order valence-electron chi connectivity index (χ1n) is 6.30. The van der Waals surface area contributed by atoms with E-state index in [-0.39, 0.29) is 0 Å². The van der Waals surface area contributed by atoms with Crippen LogP contribution in [0.25, 0.3) is 0 Å². The first-order valence-corrected chi connectivity index (χ1v) is 6.30. The summed E-state index contributed by atoms with van der Waals surface area (Å²) in [5, 5.41) is 3.35. The largest absolute Gasteiger partial charge is 0.496 e. The number of ether oxygens (including phenoxy) is 2. The van der Waals surface area contributed by atoms with E-state index in [1.54, 1.807) is 7.11 Å². The minimum absolute atomic E-state index is 0.724. The highest BCUT2D eigenvalue weighted by Crippen LogP contribution is 2.19. The van der Waals surface area contributed by atoms with E-state index >= 15 is 0 Å². The average Bonchev–Trinajstić information content (AvgIpc) is 2.38. The molecule has 0 saturated carbocycles. The van der Waals surface area contributed by atoms with Gasteiger partial charge < -0.3 is 14.8 Å². The van der Waals surface area contributed by atoms with Gasteiger partial charge in [0.15, 0.2) is 0 Å². The molecule has 1 N–H and O–H groups in total. The van der Waals surface area contributed by atoms with Crippen LogP contribution >= 0.6 is 0 Å². The van der Waals surface area contributed by atoms with Crippen molar-refractivity contribution in [3.8, 4) is 5.75 Å². The molecule has 100 valence electrons. The summed E-state index contributed by atoms with van der Waals surface area (Å²) in [5.41, 5.74) is 2.43. The summed E-state index contributed by atoms with van der Waals surface area (Å²) in [6, 6.07) is 6.21. The monoisotopic (exact) mass is 249 g/mol. The molecule has 0 aliphatic heterocycles. The van der Waals surface area contributed by atoms with E-state index in [4.69, 9.17) is 9.47 Å². The van der Waals surface area contributed by atoms with Crippen LogP contribution in [0.5, 0.6) is 5.75 Å². The Labute approximate surface area is 110 Å². The third-order valence-corrected chi connectivity index (χ3v) is 2.64. The highest BCUT2D eigenvalue weighted by atomic mass is 16.5. The van der Waals surface area contributed by atoms with Crippen LogP contribution in [0.3, 0.4) is 0 Å². The van der Waals surface area contributed by atoms with Gasteiger partial charge in [-0.05, 0) is 19.4 Å². The van der Waals surface area contributed by atoms with Crippen LogP contribution < -0.4 is 10.1 Å². The Hall–Kier alpha value is -1.32. The first-order chi connectivity index (χ1) is 8.77. The Bertz CT molecular complexity index is 364. The van der Waals surface area contributed by atoms with Gasteiger partial charge in [-0.1, -0.05) is 23.8 Å². The summed E-state index contributed by atoms with van der Waals surface area (Å²) < 4.78 is 10.8. The first kappa shape index (κ1) is 14.7. The number of methoxy groups -OCH3 is 1. The maximum Gasteiger partial charge on any atom is 0.123 e. The second-order valence-corrected chi connectivity index (χ2v) is 4.18. The number of aryl methyl sites for hydroxylation is 1. The van der Waals surface area contributed by atoms with Crippen LogP contribution in [-0.4, -0.2) is 26.9 Å². The molecule has 0 aliphatic carbocycles. The van der Waals surface area contributed by atoms with Gasteiger partial charge in [-0.15, -0.1) is 6.58 Å². The van der Waals surface area contributed by atoms with Crippen molar-refractivity contribution in [1.29, 1.82) is 0 Å². The van der Waals surface area contributed by atoms with Gasteiger partial charge in [0.1, 0.15) is 5.75 Å². The molecule has 0 radical (unpaired) electrons. The molecule has 1 aromatic carbocycles.